The van der Waals surface area contributed by atoms with Gasteiger partial charge < -0.3 is 9.47 Å². The highest BCUT2D eigenvalue weighted by Crippen LogP contribution is 2.48. The summed E-state index contributed by atoms with van der Waals surface area (Å²) in [5.74, 6) is -1.52. The number of hydrogen-bond acceptors (Lipinski definition) is 6. The van der Waals surface area contributed by atoms with Gasteiger partial charge in [0.25, 0.3) is 5.91 Å². The Morgan fingerprint density at radius 2 is 1.69 bits per heavy atom. The number of rotatable bonds is 8. The molecule has 36 heavy (non-hydrogen) atoms. The van der Waals surface area contributed by atoms with E-state index in [1.165, 1.54) is 18.2 Å². The third kappa shape index (κ3) is 4.07. The summed E-state index contributed by atoms with van der Waals surface area (Å²) < 4.78 is 26.0. The predicted octanol–water partition coefficient (Wildman–Crippen LogP) is 5.06. The van der Waals surface area contributed by atoms with Crippen molar-refractivity contribution in [2.75, 3.05) is 23.7 Å². The molecule has 2 heterocycles. The van der Waals surface area contributed by atoms with E-state index in [0.717, 1.165) is 17.7 Å². The fourth-order valence-electron chi connectivity index (χ4n) is 4.74. The third-order valence-corrected chi connectivity index (χ3v) is 6.50. The van der Waals surface area contributed by atoms with E-state index in [1.54, 1.807) is 30.4 Å². The molecule has 186 valence electrons. The first-order valence-corrected chi connectivity index (χ1v) is 12.0. The number of fused-ring (bicyclic) bond motifs is 1. The molecule has 0 aliphatic carbocycles. The first kappa shape index (κ1) is 23.8. The highest BCUT2D eigenvalue weighted by molar-refractivity contribution is 6.24. The number of carbonyl (C=O) groups is 2. The minimum atomic E-state index is -1.09. The Bertz CT molecular complexity index is 1270. The molecule has 5 rings (SSSR count). The van der Waals surface area contributed by atoms with Crippen LogP contribution in [-0.2, 0) is 14.4 Å². The molecular formula is C28H27FN2O5. The number of unbranched alkanes of at least 4 members (excludes halogenated alkanes) is 1. The number of anilines is 2. The highest BCUT2D eigenvalue weighted by Gasteiger charge is 2.60. The molecule has 2 aliphatic heterocycles. The number of benzene rings is 3. The maximum absolute atomic E-state index is 14.6. The number of methoxy groups -OCH3 is 1. The maximum atomic E-state index is 14.6. The van der Waals surface area contributed by atoms with Gasteiger partial charge in [-0.15, -0.1) is 0 Å². The SMILES string of the molecule is CCCCOc1ccc([C@@H]2[C@H]3C(=O)N(c4ccccc4F)C(=O)[C@@H]3ON2c2ccccc2)cc1OC. The summed E-state index contributed by atoms with van der Waals surface area (Å²) in [5.41, 5.74) is 1.33. The van der Waals surface area contributed by atoms with Crippen LogP contribution < -0.4 is 19.4 Å². The predicted molar refractivity (Wildman–Crippen MR) is 132 cm³/mol. The molecule has 2 amide bonds. The lowest BCUT2D eigenvalue weighted by Gasteiger charge is -2.29. The fraction of sp³-hybridized carbons (Fsp3) is 0.286. The van der Waals surface area contributed by atoms with Gasteiger partial charge in [-0.3, -0.25) is 14.4 Å². The number of nitrogens with zero attached hydrogens (tertiary/aromatic N) is 2. The van der Waals surface area contributed by atoms with Crippen molar-refractivity contribution in [1.29, 1.82) is 0 Å². The topological polar surface area (TPSA) is 68.3 Å². The molecule has 8 heteroatoms. The summed E-state index contributed by atoms with van der Waals surface area (Å²) in [5, 5.41) is 1.59. The van der Waals surface area contributed by atoms with E-state index in [1.807, 2.05) is 36.4 Å². The van der Waals surface area contributed by atoms with Crippen molar-refractivity contribution >= 4 is 23.2 Å². The molecule has 0 spiro atoms. The number of carbonyl (C=O) groups excluding carboxylic acids is 2. The van der Waals surface area contributed by atoms with Gasteiger partial charge in [0.15, 0.2) is 17.6 Å². The summed E-state index contributed by atoms with van der Waals surface area (Å²) >= 11 is 0. The van der Waals surface area contributed by atoms with Gasteiger partial charge in [0.05, 0.1) is 31.1 Å². The molecule has 7 nitrogen and oxygen atoms in total. The maximum Gasteiger partial charge on any atom is 0.266 e. The van der Waals surface area contributed by atoms with Crippen LogP contribution in [0.4, 0.5) is 15.8 Å². The monoisotopic (exact) mass is 490 g/mol. The molecule has 3 aromatic carbocycles. The van der Waals surface area contributed by atoms with Crippen molar-refractivity contribution in [3.05, 3.63) is 84.2 Å². The summed E-state index contributed by atoms with van der Waals surface area (Å²) in [6, 6.07) is 19.8. The van der Waals surface area contributed by atoms with Crippen LogP contribution in [0, 0.1) is 11.7 Å². The van der Waals surface area contributed by atoms with Crippen molar-refractivity contribution in [2.24, 2.45) is 5.92 Å². The largest absolute Gasteiger partial charge is 0.493 e. The van der Waals surface area contributed by atoms with Gasteiger partial charge in [0.1, 0.15) is 11.7 Å². The molecule has 2 fully saturated rings. The van der Waals surface area contributed by atoms with Gasteiger partial charge in [0.2, 0.25) is 5.91 Å². The van der Waals surface area contributed by atoms with Gasteiger partial charge in [-0.1, -0.05) is 49.7 Å². The smallest absolute Gasteiger partial charge is 0.266 e. The first-order chi connectivity index (χ1) is 17.5. The lowest BCUT2D eigenvalue weighted by atomic mass is 9.90. The molecule has 0 aromatic heterocycles. The minimum absolute atomic E-state index is 0.0761. The highest BCUT2D eigenvalue weighted by atomic mass is 19.1. The lowest BCUT2D eigenvalue weighted by Crippen LogP contribution is -2.37. The summed E-state index contributed by atoms with van der Waals surface area (Å²) in [4.78, 5) is 34.1. The van der Waals surface area contributed by atoms with Gasteiger partial charge in [-0.2, -0.15) is 0 Å². The van der Waals surface area contributed by atoms with E-state index in [2.05, 4.69) is 6.92 Å². The second-order valence-corrected chi connectivity index (χ2v) is 8.73. The van der Waals surface area contributed by atoms with Crippen LogP contribution in [0.3, 0.4) is 0 Å². The Hall–Kier alpha value is -3.91. The standard InChI is InChI=1S/C28H27FN2O5/c1-3-4-16-35-22-15-14-18(17-23(22)34-2)25-24-26(36-31(25)19-10-6-5-7-11-19)28(33)30(27(24)32)21-13-9-8-12-20(21)29/h5-15,17,24-26H,3-4,16H2,1-2H3/t24-,25-,26-/m1/s1. The van der Waals surface area contributed by atoms with Crippen LogP contribution in [0.2, 0.25) is 0 Å². The molecular weight excluding hydrogens is 463 g/mol. The minimum Gasteiger partial charge on any atom is -0.493 e. The number of amides is 2. The number of halogens is 1. The summed E-state index contributed by atoms with van der Waals surface area (Å²) in [6.45, 7) is 2.65. The van der Waals surface area contributed by atoms with E-state index in [4.69, 9.17) is 14.3 Å². The fourth-order valence-corrected chi connectivity index (χ4v) is 4.74. The molecule has 3 aromatic rings. The van der Waals surface area contributed by atoms with Crippen molar-refractivity contribution < 1.29 is 28.3 Å². The first-order valence-electron chi connectivity index (χ1n) is 12.0. The van der Waals surface area contributed by atoms with Crippen LogP contribution >= 0.6 is 0 Å². The normalized spacial score (nSPS) is 21.1. The van der Waals surface area contributed by atoms with Gasteiger partial charge in [-0.25, -0.2) is 14.4 Å². The zero-order valence-corrected chi connectivity index (χ0v) is 20.1. The Morgan fingerprint density at radius 3 is 2.42 bits per heavy atom. The van der Waals surface area contributed by atoms with Crippen LogP contribution in [0.5, 0.6) is 11.5 Å². The average molecular weight is 491 g/mol. The molecule has 2 saturated heterocycles. The lowest BCUT2D eigenvalue weighted by molar-refractivity contribution is -0.126. The van der Waals surface area contributed by atoms with Crippen LogP contribution in [-0.4, -0.2) is 31.6 Å². The molecule has 2 aliphatic rings. The Kier molecular flexibility index (Phi) is 6.61. The number of hydroxylamine groups is 1. The summed E-state index contributed by atoms with van der Waals surface area (Å²) in [7, 11) is 1.55. The van der Waals surface area contributed by atoms with E-state index in [9.17, 15) is 14.0 Å². The van der Waals surface area contributed by atoms with E-state index < -0.39 is 35.7 Å². The van der Waals surface area contributed by atoms with Gasteiger partial charge in [-0.05, 0) is 48.4 Å². The molecule has 3 atom stereocenters. The van der Waals surface area contributed by atoms with Crippen molar-refractivity contribution in [3.8, 4) is 11.5 Å². The van der Waals surface area contributed by atoms with E-state index in [-0.39, 0.29) is 5.69 Å². The zero-order valence-electron chi connectivity index (χ0n) is 20.1. The number of ether oxygens (including phenoxy) is 2. The summed E-state index contributed by atoms with van der Waals surface area (Å²) in [6.07, 6.45) is 0.827. The second kappa shape index (κ2) is 9.99. The Labute approximate surface area is 208 Å². The molecule has 0 bridgehead atoms. The number of hydrogen-bond donors (Lipinski definition) is 0. The quantitative estimate of drug-likeness (QED) is 0.325. The van der Waals surface area contributed by atoms with Gasteiger partial charge in [0, 0.05) is 0 Å². The number of para-hydroxylation sites is 2. The van der Waals surface area contributed by atoms with Crippen molar-refractivity contribution in [3.63, 3.8) is 0 Å². The molecule has 0 radical (unpaired) electrons. The van der Waals surface area contributed by atoms with Gasteiger partial charge >= 0.3 is 0 Å². The molecule has 0 saturated carbocycles. The Morgan fingerprint density at radius 1 is 0.944 bits per heavy atom. The van der Waals surface area contributed by atoms with E-state index in [0.29, 0.717) is 29.4 Å². The Balaban J connectivity index is 1.56. The van der Waals surface area contributed by atoms with Crippen LogP contribution in [0.15, 0.2) is 72.8 Å². The zero-order chi connectivity index (χ0) is 25.2. The van der Waals surface area contributed by atoms with Crippen LogP contribution in [0.25, 0.3) is 0 Å². The number of imide groups is 1. The van der Waals surface area contributed by atoms with Crippen molar-refractivity contribution in [1.82, 2.24) is 0 Å². The second-order valence-electron chi connectivity index (χ2n) is 8.73. The van der Waals surface area contributed by atoms with Crippen molar-refractivity contribution in [2.45, 2.75) is 31.9 Å². The molecule has 0 N–H and O–H groups in total. The average Bonchev–Trinajstić information content (AvgIpc) is 3.41. The van der Waals surface area contributed by atoms with Crippen LogP contribution in [0.1, 0.15) is 31.4 Å². The molecule has 0 unspecified atom stereocenters. The van der Waals surface area contributed by atoms with E-state index >= 15 is 0 Å². The third-order valence-electron chi connectivity index (χ3n) is 6.50.